The third-order valence-corrected chi connectivity index (χ3v) is 7.51. The monoisotopic (exact) mass is 496 g/mol. The molecule has 0 aliphatic heterocycles. The van der Waals surface area contributed by atoms with E-state index in [1.165, 1.54) is 7.14 Å². The van der Waals surface area contributed by atoms with Gasteiger partial charge in [-0.2, -0.15) is 0 Å². The second kappa shape index (κ2) is 6.66. The van der Waals surface area contributed by atoms with Gasteiger partial charge in [-0.15, -0.1) is 0 Å². The molecule has 0 unspecified atom stereocenters. The average molecular weight is 496 g/mol. The van der Waals surface area contributed by atoms with E-state index in [0.29, 0.717) is 0 Å². The van der Waals surface area contributed by atoms with Crippen LogP contribution in [0.2, 0.25) is 0 Å². The third kappa shape index (κ3) is 3.21. The first-order chi connectivity index (χ1) is 9.12. The lowest BCUT2D eigenvalue weighted by molar-refractivity contribution is 0.272. The van der Waals surface area contributed by atoms with Crippen molar-refractivity contribution in [3.63, 3.8) is 0 Å². The fraction of sp³-hybridized carbons (Fsp3) is 0.143. The molecule has 0 heterocycles. The smallest absolute Gasteiger partial charge is 0.391 e. The van der Waals surface area contributed by atoms with Gasteiger partial charge >= 0.3 is 8.56 Å². The molecule has 2 rings (SSSR count). The minimum atomic E-state index is -2.57. The van der Waals surface area contributed by atoms with Crippen LogP contribution in [0.5, 0.6) is 0 Å². The summed E-state index contributed by atoms with van der Waals surface area (Å²) in [6.45, 7) is 0. The summed E-state index contributed by atoms with van der Waals surface area (Å²) < 4.78 is 14.1. The van der Waals surface area contributed by atoms with Gasteiger partial charge in [-0.05, 0) is 68.6 Å². The van der Waals surface area contributed by atoms with Gasteiger partial charge in [0.1, 0.15) is 0 Å². The second-order valence-electron chi connectivity index (χ2n) is 4.05. The van der Waals surface area contributed by atoms with Gasteiger partial charge in [-0.3, -0.25) is 0 Å². The first kappa shape index (κ1) is 15.4. The Morgan fingerprint density at radius 3 is 1.79 bits per heavy atom. The summed E-state index contributed by atoms with van der Waals surface area (Å²) in [6.07, 6.45) is 0. The topological polar surface area (TPSA) is 18.5 Å². The summed E-state index contributed by atoms with van der Waals surface area (Å²) >= 11 is 4.66. The summed E-state index contributed by atoms with van der Waals surface area (Å²) in [5.74, 6) is 0. The number of rotatable bonds is 4. The van der Waals surface area contributed by atoms with Gasteiger partial charge in [0.05, 0.1) is 0 Å². The minimum Gasteiger partial charge on any atom is -0.391 e. The lowest BCUT2D eigenvalue weighted by Crippen LogP contribution is -2.62. The van der Waals surface area contributed by atoms with Crippen LogP contribution in [0.25, 0.3) is 0 Å². The molecular formula is C14H14I2O2Si. The number of halogens is 2. The summed E-state index contributed by atoms with van der Waals surface area (Å²) in [5.41, 5.74) is 0. The van der Waals surface area contributed by atoms with Crippen LogP contribution >= 0.6 is 45.2 Å². The molecule has 2 aromatic rings. The number of hydrogen-bond acceptors (Lipinski definition) is 2. The van der Waals surface area contributed by atoms with Crippen LogP contribution in [0, 0.1) is 7.14 Å². The molecule has 0 saturated carbocycles. The Hall–Kier alpha value is 0.0369. The average Bonchev–Trinajstić information content (AvgIpc) is 2.41. The van der Waals surface area contributed by atoms with Gasteiger partial charge in [0.2, 0.25) is 0 Å². The second-order valence-corrected chi connectivity index (χ2v) is 9.74. The van der Waals surface area contributed by atoms with Crippen molar-refractivity contribution in [3.05, 3.63) is 55.7 Å². The summed E-state index contributed by atoms with van der Waals surface area (Å²) in [6, 6.07) is 16.6. The molecule has 0 saturated heterocycles. The minimum absolute atomic E-state index is 1.12. The van der Waals surface area contributed by atoms with E-state index in [4.69, 9.17) is 8.85 Å². The Bertz CT molecular complexity index is 536. The lowest BCUT2D eigenvalue weighted by atomic mass is 10.4. The first-order valence-corrected chi connectivity index (χ1v) is 9.72. The predicted molar refractivity (Wildman–Crippen MR) is 97.4 cm³/mol. The van der Waals surface area contributed by atoms with Gasteiger partial charge in [0.15, 0.2) is 0 Å². The van der Waals surface area contributed by atoms with E-state index in [0.717, 1.165) is 10.4 Å². The Labute approximate surface area is 142 Å². The zero-order chi connectivity index (χ0) is 13.9. The molecule has 0 radical (unpaired) electrons. The van der Waals surface area contributed by atoms with Crippen molar-refractivity contribution in [2.75, 3.05) is 14.2 Å². The molecule has 0 spiro atoms. The molecule has 5 heteroatoms. The van der Waals surface area contributed by atoms with Gasteiger partial charge in [-0.1, -0.05) is 30.3 Å². The fourth-order valence-corrected chi connectivity index (χ4v) is 7.41. The molecule has 100 valence electrons. The van der Waals surface area contributed by atoms with Crippen molar-refractivity contribution in [2.45, 2.75) is 0 Å². The van der Waals surface area contributed by atoms with Crippen molar-refractivity contribution < 1.29 is 8.85 Å². The van der Waals surface area contributed by atoms with E-state index >= 15 is 0 Å². The third-order valence-electron chi connectivity index (χ3n) is 2.97. The normalized spacial score (nSPS) is 11.6. The summed E-state index contributed by atoms with van der Waals surface area (Å²) in [5, 5.41) is 2.26. The van der Waals surface area contributed by atoms with Gasteiger partial charge in [0.25, 0.3) is 0 Å². The molecule has 19 heavy (non-hydrogen) atoms. The SMILES string of the molecule is CO[Si](OC)(c1ccccc1)c1cc(I)cc(I)c1. The van der Waals surface area contributed by atoms with E-state index in [9.17, 15) is 0 Å². The van der Waals surface area contributed by atoms with Crippen LogP contribution in [-0.4, -0.2) is 22.8 Å². The number of hydrogen-bond donors (Lipinski definition) is 0. The van der Waals surface area contributed by atoms with E-state index in [-0.39, 0.29) is 0 Å². The highest BCUT2D eigenvalue weighted by atomic mass is 127. The van der Waals surface area contributed by atoms with Crippen LogP contribution < -0.4 is 10.4 Å². The Balaban J connectivity index is 2.62. The zero-order valence-electron chi connectivity index (χ0n) is 10.7. The first-order valence-electron chi connectivity index (χ1n) is 5.75. The van der Waals surface area contributed by atoms with Crippen LogP contribution in [0.3, 0.4) is 0 Å². The van der Waals surface area contributed by atoms with E-state index in [1.54, 1.807) is 14.2 Å². The van der Waals surface area contributed by atoms with Crippen molar-refractivity contribution in [3.8, 4) is 0 Å². The molecule has 0 N–H and O–H groups in total. The van der Waals surface area contributed by atoms with Crippen LogP contribution in [-0.2, 0) is 8.85 Å². The maximum Gasteiger partial charge on any atom is 0.406 e. The highest BCUT2D eigenvalue weighted by Gasteiger charge is 2.40. The molecule has 0 aliphatic carbocycles. The van der Waals surface area contributed by atoms with Gasteiger partial charge < -0.3 is 8.85 Å². The Morgan fingerprint density at radius 1 is 0.789 bits per heavy atom. The van der Waals surface area contributed by atoms with E-state index < -0.39 is 8.56 Å². The Kier molecular flexibility index (Phi) is 5.41. The molecule has 0 aliphatic rings. The van der Waals surface area contributed by atoms with E-state index in [2.05, 4.69) is 75.5 Å². The Morgan fingerprint density at radius 2 is 1.32 bits per heavy atom. The van der Waals surface area contributed by atoms with E-state index in [1.807, 2.05) is 18.2 Å². The molecule has 2 nitrogen and oxygen atoms in total. The van der Waals surface area contributed by atoms with Crippen LogP contribution in [0.1, 0.15) is 0 Å². The van der Waals surface area contributed by atoms with Crippen LogP contribution in [0.15, 0.2) is 48.5 Å². The van der Waals surface area contributed by atoms with Crippen molar-refractivity contribution in [2.24, 2.45) is 0 Å². The van der Waals surface area contributed by atoms with Crippen molar-refractivity contribution >= 4 is 64.1 Å². The maximum absolute atomic E-state index is 5.88. The molecule has 2 aromatic carbocycles. The highest BCUT2D eigenvalue weighted by Crippen LogP contribution is 2.14. The summed E-state index contributed by atoms with van der Waals surface area (Å²) in [4.78, 5) is 0. The molecule has 0 amide bonds. The molecule has 0 aromatic heterocycles. The molecule has 0 fully saturated rings. The quantitative estimate of drug-likeness (QED) is 0.479. The van der Waals surface area contributed by atoms with Gasteiger partial charge in [0, 0.05) is 26.5 Å². The van der Waals surface area contributed by atoms with Crippen molar-refractivity contribution in [1.29, 1.82) is 0 Å². The predicted octanol–water partition coefficient (Wildman–Crippen LogP) is 2.75. The number of benzene rings is 2. The maximum atomic E-state index is 5.88. The molecular weight excluding hydrogens is 482 g/mol. The summed E-state index contributed by atoms with van der Waals surface area (Å²) in [7, 11) is 0.895. The van der Waals surface area contributed by atoms with Gasteiger partial charge in [-0.25, -0.2) is 0 Å². The zero-order valence-corrected chi connectivity index (χ0v) is 16.0. The van der Waals surface area contributed by atoms with Crippen molar-refractivity contribution in [1.82, 2.24) is 0 Å². The molecule has 0 bridgehead atoms. The molecule has 0 atom stereocenters. The lowest BCUT2D eigenvalue weighted by Gasteiger charge is -2.28. The highest BCUT2D eigenvalue weighted by molar-refractivity contribution is 14.1. The fourth-order valence-electron chi connectivity index (χ4n) is 2.12. The van der Waals surface area contributed by atoms with Crippen LogP contribution in [0.4, 0.5) is 0 Å². The largest absolute Gasteiger partial charge is 0.406 e. The standard InChI is InChI=1S/C14H14I2O2Si/c1-17-19(18-2,13-6-4-3-5-7-13)14-9-11(15)8-12(16)10-14/h3-10H,1-2H3.